The third kappa shape index (κ3) is 5.80. The van der Waals surface area contributed by atoms with Crippen LogP contribution in [0.4, 0.5) is 4.79 Å². The molecular weight excluding hydrogens is 442 g/mol. The van der Waals surface area contributed by atoms with Crippen LogP contribution in [0.1, 0.15) is 50.8 Å². The van der Waals surface area contributed by atoms with E-state index in [-0.39, 0.29) is 11.8 Å². The fourth-order valence-corrected chi connectivity index (χ4v) is 4.40. The normalized spacial score (nSPS) is 20.2. The molecule has 1 saturated heterocycles. The summed E-state index contributed by atoms with van der Waals surface area (Å²) in [5.41, 5.74) is 1.32. The van der Waals surface area contributed by atoms with Crippen LogP contribution in [0, 0.1) is 5.92 Å². The Hall–Kier alpha value is -3.87. The molecule has 0 bridgehead atoms. The first kappa shape index (κ1) is 24.3. The summed E-state index contributed by atoms with van der Waals surface area (Å²) in [4.78, 5) is 43.7. The van der Waals surface area contributed by atoms with E-state index in [1.54, 1.807) is 33.2 Å². The Balaban J connectivity index is 1.57. The molecule has 0 saturated carbocycles. The average molecular weight is 474 g/mol. The summed E-state index contributed by atoms with van der Waals surface area (Å²) in [5, 5.41) is 0. The minimum Gasteiger partial charge on any atom is -0.443 e. The van der Waals surface area contributed by atoms with E-state index in [0.29, 0.717) is 19.4 Å². The maximum Gasteiger partial charge on any atom is 0.418 e. The zero-order chi connectivity index (χ0) is 25.0. The highest BCUT2D eigenvalue weighted by Crippen LogP contribution is 2.39. The van der Waals surface area contributed by atoms with E-state index in [4.69, 9.17) is 4.74 Å². The standard InChI is InChI=1S/C28H31N3O4/c1-28(2,3)35-27(34)30-18-16-29(17-19-30)26(33)23-14-15-24(32)31(20-21-10-6-4-7-11-21)25(23)22-12-8-5-9-13-22/h4-13,16-19,23,25H,14-15,20H2,1-3H3/t23-,25+/m1/s1. The first-order valence-corrected chi connectivity index (χ1v) is 11.8. The minimum atomic E-state index is -0.620. The fraction of sp³-hybridized carbons (Fsp3) is 0.321. The van der Waals surface area contributed by atoms with E-state index in [9.17, 15) is 14.4 Å². The van der Waals surface area contributed by atoms with E-state index in [0.717, 1.165) is 11.1 Å². The van der Waals surface area contributed by atoms with Crippen LogP contribution in [-0.2, 0) is 20.9 Å². The van der Waals surface area contributed by atoms with Crippen molar-refractivity contribution in [2.75, 3.05) is 0 Å². The number of rotatable bonds is 4. The average Bonchev–Trinajstić information content (AvgIpc) is 2.85. The van der Waals surface area contributed by atoms with Crippen LogP contribution in [0.2, 0.25) is 0 Å². The molecule has 0 N–H and O–H groups in total. The smallest absolute Gasteiger partial charge is 0.418 e. The van der Waals surface area contributed by atoms with Crippen LogP contribution < -0.4 is 0 Å². The molecule has 35 heavy (non-hydrogen) atoms. The fourth-order valence-electron chi connectivity index (χ4n) is 4.40. The molecule has 0 unspecified atom stereocenters. The number of likely N-dealkylation sites (tertiary alicyclic amines) is 1. The third-order valence-electron chi connectivity index (χ3n) is 6.00. The van der Waals surface area contributed by atoms with Gasteiger partial charge >= 0.3 is 6.09 Å². The van der Waals surface area contributed by atoms with Crippen molar-refractivity contribution < 1.29 is 19.1 Å². The Labute approximate surface area is 206 Å². The van der Waals surface area contributed by atoms with Gasteiger partial charge in [0.2, 0.25) is 11.8 Å². The molecule has 2 aliphatic rings. The van der Waals surface area contributed by atoms with Crippen LogP contribution in [0.5, 0.6) is 0 Å². The van der Waals surface area contributed by atoms with Crippen molar-refractivity contribution in [3.05, 3.63) is 96.6 Å². The van der Waals surface area contributed by atoms with Crippen molar-refractivity contribution in [1.82, 2.24) is 14.7 Å². The van der Waals surface area contributed by atoms with Gasteiger partial charge in [-0.1, -0.05) is 60.7 Å². The third-order valence-corrected chi connectivity index (χ3v) is 6.00. The molecule has 2 heterocycles. The summed E-state index contributed by atoms with van der Waals surface area (Å²) in [5.74, 6) is -0.519. The molecule has 2 aromatic carbocycles. The topological polar surface area (TPSA) is 70.2 Å². The predicted molar refractivity (Wildman–Crippen MR) is 132 cm³/mol. The molecule has 0 radical (unpaired) electrons. The van der Waals surface area contributed by atoms with Crippen LogP contribution >= 0.6 is 0 Å². The van der Waals surface area contributed by atoms with Crippen molar-refractivity contribution in [3.8, 4) is 0 Å². The molecule has 4 rings (SSSR count). The second-order valence-corrected chi connectivity index (χ2v) is 9.74. The number of nitrogens with zero attached hydrogens (tertiary/aromatic N) is 3. The lowest BCUT2D eigenvalue weighted by molar-refractivity contribution is -0.146. The van der Waals surface area contributed by atoms with Crippen LogP contribution in [-0.4, -0.2) is 38.2 Å². The second-order valence-electron chi connectivity index (χ2n) is 9.74. The summed E-state index contributed by atoms with van der Waals surface area (Å²) < 4.78 is 5.38. The number of ether oxygens (including phenoxy) is 1. The van der Waals surface area contributed by atoms with E-state index < -0.39 is 23.7 Å². The Bertz CT molecular complexity index is 1110. The zero-order valence-electron chi connectivity index (χ0n) is 20.3. The molecule has 7 nitrogen and oxygen atoms in total. The van der Waals surface area contributed by atoms with Crippen molar-refractivity contribution in [2.24, 2.45) is 5.92 Å². The quantitative estimate of drug-likeness (QED) is 0.613. The second kappa shape index (κ2) is 10.2. The van der Waals surface area contributed by atoms with Gasteiger partial charge in [-0.25, -0.2) is 4.79 Å². The Morgan fingerprint density at radius 1 is 0.886 bits per heavy atom. The molecular formula is C28H31N3O4. The van der Waals surface area contributed by atoms with Gasteiger partial charge in [0.05, 0.1) is 12.0 Å². The van der Waals surface area contributed by atoms with E-state index >= 15 is 0 Å². The highest BCUT2D eigenvalue weighted by Gasteiger charge is 2.42. The maximum absolute atomic E-state index is 13.7. The van der Waals surface area contributed by atoms with Gasteiger partial charge in [0.1, 0.15) is 5.60 Å². The molecule has 0 aliphatic carbocycles. The predicted octanol–water partition coefficient (Wildman–Crippen LogP) is 5.19. The molecule has 3 amide bonds. The Morgan fingerprint density at radius 2 is 1.46 bits per heavy atom. The summed E-state index contributed by atoms with van der Waals surface area (Å²) in [6.07, 6.45) is 6.39. The molecule has 2 atom stereocenters. The summed E-state index contributed by atoms with van der Waals surface area (Å²) in [6.45, 7) is 5.83. The Morgan fingerprint density at radius 3 is 2.06 bits per heavy atom. The molecule has 7 heteroatoms. The van der Waals surface area contributed by atoms with Gasteiger partial charge in [0.15, 0.2) is 0 Å². The largest absolute Gasteiger partial charge is 0.443 e. The van der Waals surface area contributed by atoms with Crippen molar-refractivity contribution in [1.29, 1.82) is 0 Å². The highest BCUT2D eigenvalue weighted by molar-refractivity contribution is 5.86. The van der Waals surface area contributed by atoms with E-state index in [2.05, 4.69) is 0 Å². The lowest BCUT2D eigenvalue weighted by atomic mass is 9.83. The van der Waals surface area contributed by atoms with Crippen LogP contribution in [0.15, 0.2) is 85.5 Å². The molecule has 182 valence electrons. The van der Waals surface area contributed by atoms with Crippen LogP contribution in [0.25, 0.3) is 0 Å². The lowest BCUT2D eigenvalue weighted by Crippen LogP contribution is -2.47. The molecule has 2 aromatic rings. The number of piperidine rings is 1. The Kier molecular flexibility index (Phi) is 7.05. The van der Waals surface area contributed by atoms with Crippen molar-refractivity contribution in [3.63, 3.8) is 0 Å². The zero-order valence-corrected chi connectivity index (χ0v) is 20.3. The number of carbonyl (C=O) groups is 3. The van der Waals surface area contributed by atoms with Gasteiger partial charge < -0.3 is 9.64 Å². The SMILES string of the molecule is CC(C)(C)OC(=O)N1C=CN(C(=O)[C@@H]2CCC(=O)N(Cc3ccccc3)[C@H]2c2ccccc2)C=C1. The van der Waals surface area contributed by atoms with Gasteiger partial charge in [-0.05, 0) is 38.3 Å². The van der Waals surface area contributed by atoms with E-state index in [1.165, 1.54) is 22.2 Å². The monoisotopic (exact) mass is 473 g/mol. The first-order valence-electron chi connectivity index (χ1n) is 11.8. The van der Waals surface area contributed by atoms with Gasteiger partial charge in [-0.15, -0.1) is 0 Å². The summed E-state index contributed by atoms with van der Waals surface area (Å²) >= 11 is 0. The minimum absolute atomic E-state index is 0.0348. The summed E-state index contributed by atoms with van der Waals surface area (Å²) in [7, 11) is 0. The number of hydrogen-bond donors (Lipinski definition) is 0. The van der Waals surface area contributed by atoms with E-state index in [1.807, 2.05) is 65.6 Å². The molecule has 0 spiro atoms. The van der Waals surface area contributed by atoms with Crippen molar-refractivity contribution >= 4 is 17.9 Å². The molecule has 2 aliphatic heterocycles. The van der Waals surface area contributed by atoms with Crippen molar-refractivity contribution in [2.45, 2.75) is 51.8 Å². The number of hydrogen-bond acceptors (Lipinski definition) is 4. The number of carbonyl (C=O) groups excluding carboxylic acids is 3. The molecule has 0 aromatic heterocycles. The van der Waals surface area contributed by atoms with Gasteiger partial charge in [0, 0.05) is 37.8 Å². The van der Waals surface area contributed by atoms with Gasteiger partial charge in [-0.2, -0.15) is 0 Å². The number of amides is 3. The summed E-state index contributed by atoms with van der Waals surface area (Å²) in [6, 6.07) is 19.1. The van der Waals surface area contributed by atoms with Crippen LogP contribution in [0.3, 0.4) is 0 Å². The van der Waals surface area contributed by atoms with Gasteiger partial charge in [0.25, 0.3) is 0 Å². The maximum atomic E-state index is 13.7. The number of benzene rings is 2. The first-order chi connectivity index (χ1) is 16.7. The highest BCUT2D eigenvalue weighted by atomic mass is 16.6. The lowest BCUT2D eigenvalue weighted by Gasteiger charge is -2.42. The molecule has 1 fully saturated rings. The van der Waals surface area contributed by atoms with Gasteiger partial charge in [-0.3, -0.25) is 19.4 Å².